The van der Waals surface area contributed by atoms with Crippen LogP contribution in [0.5, 0.6) is 0 Å². The molecule has 15 nitrogen and oxygen atoms in total. The van der Waals surface area contributed by atoms with Crippen molar-refractivity contribution in [1.29, 1.82) is 0 Å². The molecule has 0 radical (unpaired) electrons. The fourth-order valence-corrected chi connectivity index (χ4v) is 12.5. The number of halogens is 11. The molecule has 3 heterocycles. The molecule has 29 heteroatoms. The molecule has 372 valence electrons. The number of rotatable bonds is 13. The molecule has 2 aromatic carbocycles. The van der Waals surface area contributed by atoms with Crippen LogP contribution in [0.25, 0.3) is 22.0 Å². The van der Waals surface area contributed by atoms with Gasteiger partial charge in [-0.1, -0.05) is 23.6 Å². The van der Waals surface area contributed by atoms with Crippen LogP contribution in [0.4, 0.5) is 49.7 Å². The number of sulfonamides is 2. The van der Waals surface area contributed by atoms with Crippen LogP contribution < -0.4 is 9.44 Å². The molecule has 3 aromatic heterocycles. The number of fused-ring (bicyclic) bond motifs is 4. The van der Waals surface area contributed by atoms with Crippen molar-refractivity contribution in [1.82, 2.24) is 24.5 Å². The number of sulfone groups is 1. The highest BCUT2D eigenvalue weighted by molar-refractivity contribution is 8.10. The number of anilines is 1. The lowest BCUT2D eigenvalue weighted by molar-refractivity contribution is -0.143. The first-order valence-corrected chi connectivity index (χ1v) is 25.4. The fourth-order valence-electron chi connectivity index (χ4n) is 8.36. The maximum Gasteiger partial charge on any atom is 0.435 e. The van der Waals surface area contributed by atoms with Gasteiger partial charge in [-0.05, 0) is 68.0 Å². The monoisotopic (exact) mass is 1060 g/mol. The molecule has 4 atom stereocenters. The molecule has 5 aromatic rings. The number of aromatic nitrogens is 5. The standard InChI is InChI=1S/C40H34ClF10N7O8S3/c1-37(2,67(3,61)62)10-9-21-5-6-22(32(53-21)26(52)13-18-11-19(42)14-20(43)12-18)23-7-8-25(41)29-33(23)57(17-38(44,45)46)55-36(29)58(68(4,63)64)69(65,66)16-24-28-30-34(40(49,50)51)54-56(15-27(59)60)35(30)39(47,48)31(24)28/h5-8,11-12,14,24,26,28,31H,13,15-17,52H2,1-4H3,(H,59,60)/t24-,26-,28+,31?/m0/s1. The Bertz CT molecular complexity index is 3370. The van der Waals surface area contributed by atoms with Gasteiger partial charge < -0.3 is 10.8 Å². The molecule has 69 heavy (non-hydrogen) atoms. The van der Waals surface area contributed by atoms with Gasteiger partial charge in [0.05, 0.1) is 39.7 Å². The molecule has 1 saturated carbocycles. The lowest BCUT2D eigenvalue weighted by Crippen LogP contribution is -2.39. The first kappa shape index (κ1) is 51.4. The normalized spacial score (nSPS) is 18.6. The first-order chi connectivity index (χ1) is 31.4. The smallest absolute Gasteiger partial charge is 0.435 e. The Morgan fingerprint density at radius 2 is 1.55 bits per heavy atom. The second-order valence-electron chi connectivity index (χ2n) is 16.9. The molecule has 1 fully saturated rings. The van der Waals surface area contributed by atoms with Crippen LogP contribution in [-0.2, 0) is 66.3 Å². The topological polar surface area (TPSA) is 218 Å². The highest BCUT2D eigenvalue weighted by Gasteiger charge is 2.75. The van der Waals surface area contributed by atoms with Gasteiger partial charge in [-0.2, -0.15) is 45.3 Å². The maximum absolute atomic E-state index is 15.9. The van der Waals surface area contributed by atoms with Gasteiger partial charge in [0.2, 0.25) is 20.0 Å². The van der Waals surface area contributed by atoms with Gasteiger partial charge in [-0.3, -0.25) is 14.2 Å². The lowest BCUT2D eigenvalue weighted by atomic mass is 9.94. The van der Waals surface area contributed by atoms with Gasteiger partial charge >= 0.3 is 18.3 Å². The molecule has 0 spiro atoms. The number of carboxylic acids is 1. The number of nitrogens with zero attached hydrogens (tertiary/aromatic N) is 6. The van der Waals surface area contributed by atoms with Gasteiger partial charge in [0, 0.05) is 40.8 Å². The Labute approximate surface area is 390 Å². The fraction of sp³-hybridized carbons (Fsp3) is 0.400. The van der Waals surface area contributed by atoms with Crippen LogP contribution in [-0.4, -0.2) is 90.1 Å². The van der Waals surface area contributed by atoms with E-state index >= 15 is 8.78 Å². The highest BCUT2D eigenvalue weighted by atomic mass is 35.5. The van der Waals surface area contributed by atoms with Crippen LogP contribution in [0.2, 0.25) is 5.02 Å². The number of carbonyl (C=O) groups is 1. The average Bonchev–Trinajstić information content (AvgIpc) is 3.40. The molecule has 0 saturated heterocycles. The van der Waals surface area contributed by atoms with Crippen molar-refractivity contribution < 1.29 is 79.1 Å². The average molecular weight is 1060 g/mol. The quantitative estimate of drug-likeness (QED) is 0.0950. The van der Waals surface area contributed by atoms with E-state index in [0.29, 0.717) is 6.07 Å². The molecule has 2 aliphatic carbocycles. The summed E-state index contributed by atoms with van der Waals surface area (Å²) in [6, 6.07) is 5.42. The SMILES string of the molecule is CC(C)(C#Cc1ccc(-c2ccc(Cl)c3c(N(S(C)(=O)=O)S(=O)(=O)C[C@@H]4C5[C@H]4c4c(C(F)(F)F)nn(CC(=O)O)c4C5(F)F)nn(CC(F)(F)F)c23)c([C@@H](N)Cc2cc(F)cc(F)c2)n1)S(C)(=O)=O. The Kier molecular flexibility index (Phi) is 12.5. The summed E-state index contributed by atoms with van der Waals surface area (Å²) in [6.45, 7) is -0.961. The van der Waals surface area contributed by atoms with Gasteiger partial charge in [0.25, 0.3) is 5.92 Å². The molecule has 2 aliphatic rings. The second-order valence-corrected chi connectivity index (χ2v) is 23.8. The van der Waals surface area contributed by atoms with Crippen LogP contribution in [0.3, 0.4) is 0 Å². The number of carboxylic acid groups (broad SMARTS) is 1. The predicted octanol–water partition coefficient (Wildman–Crippen LogP) is 6.54. The van der Waals surface area contributed by atoms with Gasteiger partial charge in [0.15, 0.2) is 21.3 Å². The molecule has 0 aliphatic heterocycles. The first-order valence-electron chi connectivity index (χ1n) is 19.7. The summed E-state index contributed by atoms with van der Waals surface area (Å²) in [5.74, 6) is -12.3. The van der Waals surface area contributed by atoms with E-state index in [9.17, 15) is 70.3 Å². The molecular formula is C40H34ClF10N7O8S3. The van der Waals surface area contributed by atoms with E-state index in [0.717, 1.165) is 30.5 Å². The van der Waals surface area contributed by atoms with Gasteiger partial charge in [-0.25, -0.2) is 39.0 Å². The third-order valence-corrected chi connectivity index (χ3v) is 17.4. The van der Waals surface area contributed by atoms with Crippen molar-refractivity contribution in [3.05, 3.63) is 93.0 Å². The Balaban J connectivity index is 1.41. The van der Waals surface area contributed by atoms with Crippen LogP contribution in [0.15, 0.2) is 42.5 Å². The minimum Gasteiger partial charge on any atom is -0.480 e. The largest absolute Gasteiger partial charge is 0.480 e. The minimum absolute atomic E-state index is 0.0420. The van der Waals surface area contributed by atoms with Crippen molar-refractivity contribution in [2.75, 3.05) is 22.0 Å². The number of aliphatic carboxylic acids is 1. The molecule has 0 bridgehead atoms. The molecule has 3 N–H and O–H groups in total. The zero-order valence-corrected chi connectivity index (χ0v) is 38.8. The third kappa shape index (κ3) is 9.71. The van der Waals surface area contributed by atoms with Crippen LogP contribution >= 0.6 is 11.6 Å². The second kappa shape index (κ2) is 16.8. The Hall–Kier alpha value is -5.50. The number of pyridine rings is 1. The minimum atomic E-state index is -5.70. The summed E-state index contributed by atoms with van der Waals surface area (Å²) >= 11 is 6.54. The number of hydrogen-bond donors (Lipinski definition) is 2. The van der Waals surface area contributed by atoms with Crippen molar-refractivity contribution in [3.63, 3.8) is 0 Å². The van der Waals surface area contributed by atoms with Crippen LogP contribution in [0.1, 0.15) is 59.7 Å². The number of hydrogen-bond acceptors (Lipinski definition) is 11. The lowest BCUT2D eigenvalue weighted by Gasteiger charge is -2.22. The molecule has 7 rings (SSSR count). The zero-order valence-electron chi connectivity index (χ0n) is 35.6. The van der Waals surface area contributed by atoms with E-state index in [1.54, 1.807) is 0 Å². The van der Waals surface area contributed by atoms with E-state index in [1.807, 2.05) is 0 Å². The van der Waals surface area contributed by atoms with E-state index in [4.69, 9.17) is 17.3 Å². The number of nitrogens with two attached hydrogens (primary N) is 1. The van der Waals surface area contributed by atoms with Crippen molar-refractivity contribution >= 4 is 64.2 Å². The maximum atomic E-state index is 15.9. The van der Waals surface area contributed by atoms with Crippen molar-refractivity contribution in [2.24, 2.45) is 17.6 Å². The van der Waals surface area contributed by atoms with E-state index in [2.05, 4.69) is 27.0 Å². The van der Waals surface area contributed by atoms with E-state index < -0.39 is 162 Å². The van der Waals surface area contributed by atoms with Gasteiger partial charge in [0.1, 0.15) is 40.9 Å². The number of alkyl halides is 8. The molecule has 1 unspecified atom stereocenters. The summed E-state index contributed by atoms with van der Waals surface area (Å²) in [7, 11) is -14.8. The third-order valence-electron chi connectivity index (χ3n) is 11.4. The molecule has 0 amide bonds. The van der Waals surface area contributed by atoms with Crippen molar-refractivity contribution in [3.8, 4) is 23.0 Å². The Morgan fingerprint density at radius 3 is 2.10 bits per heavy atom. The summed E-state index contributed by atoms with van der Waals surface area (Å²) in [6.07, 6.45) is -9.92. The van der Waals surface area contributed by atoms with Crippen LogP contribution in [0, 0.1) is 35.3 Å². The zero-order chi connectivity index (χ0) is 51.5. The number of benzene rings is 2. The summed E-state index contributed by atoms with van der Waals surface area (Å²) in [4.78, 5) is 15.8. The van der Waals surface area contributed by atoms with E-state index in [1.165, 1.54) is 26.0 Å². The highest BCUT2D eigenvalue weighted by Crippen LogP contribution is 2.72. The van der Waals surface area contributed by atoms with E-state index in [-0.39, 0.29) is 43.7 Å². The molecular weight excluding hydrogens is 1030 g/mol. The summed E-state index contributed by atoms with van der Waals surface area (Å²) in [5, 5.41) is 14.5. The summed E-state index contributed by atoms with van der Waals surface area (Å²) in [5.41, 5.74) is 0.207. The van der Waals surface area contributed by atoms with Crippen molar-refractivity contribution in [2.45, 2.75) is 68.3 Å². The predicted molar refractivity (Wildman–Crippen MR) is 226 cm³/mol. The van der Waals surface area contributed by atoms with Gasteiger partial charge in [-0.15, -0.1) is 3.71 Å². The Morgan fingerprint density at radius 1 is 0.942 bits per heavy atom. The summed E-state index contributed by atoms with van der Waals surface area (Å²) < 4.78 is 225.